The Morgan fingerprint density at radius 1 is 0.419 bits per heavy atom. The Bertz CT molecular complexity index is 1210. The fourth-order valence-electron chi connectivity index (χ4n) is 3.44. The molecule has 148 valence electrons. The highest BCUT2D eigenvalue weighted by Gasteiger charge is 2.10. The molecule has 0 aliphatic heterocycles. The molecular formula is C28H20N2O. The van der Waals surface area contributed by atoms with Crippen LogP contribution in [0, 0.1) is 0 Å². The lowest BCUT2D eigenvalue weighted by molar-refractivity contribution is 0.443. The van der Waals surface area contributed by atoms with Crippen molar-refractivity contribution in [2.45, 2.75) is 0 Å². The molecule has 3 nitrogen and oxygen atoms in total. The standard InChI is InChI=1S/C28H20N2O/c1-4-10-21(11-5-1)22-16-18-25(19-17-22)31-28-29-26(23-12-6-2-7-13-23)20-27(30-28)24-14-8-3-9-15-24/h1-20H. The molecule has 0 bridgehead atoms. The van der Waals surface area contributed by atoms with Gasteiger partial charge in [0.1, 0.15) is 5.75 Å². The molecule has 0 saturated carbocycles. The van der Waals surface area contributed by atoms with Crippen LogP contribution in [0.3, 0.4) is 0 Å². The van der Waals surface area contributed by atoms with Crippen LogP contribution in [0.4, 0.5) is 0 Å². The lowest BCUT2D eigenvalue weighted by Crippen LogP contribution is -1.96. The molecule has 0 unspecified atom stereocenters. The highest BCUT2D eigenvalue weighted by Crippen LogP contribution is 2.29. The van der Waals surface area contributed by atoms with E-state index >= 15 is 0 Å². The van der Waals surface area contributed by atoms with Gasteiger partial charge in [-0.05, 0) is 29.3 Å². The second kappa shape index (κ2) is 8.64. The van der Waals surface area contributed by atoms with Gasteiger partial charge in [0, 0.05) is 11.1 Å². The van der Waals surface area contributed by atoms with Gasteiger partial charge in [0.25, 0.3) is 0 Å². The Kier molecular flexibility index (Phi) is 5.23. The third-order valence-corrected chi connectivity index (χ3v) is 5.02. The smallest absolute Gasteiger partial charge is 0.323 e. The van der Waals surface area contributed by atoms with Crippen LogP contribution in [-0.2, 0) is 0 Å². The largest absolute Gasteiger partial charge is 0.424 e. The van der Waals surface area contributed by atoms with Crippen LogP contribution in [-0.4, -0.2) is 9.97 Å². The summed E-state index contributed by atoms with van der Waals surface area (Å²) < 4.78 is 6.07. The van der Waals surface area contributed by atoms with E-state index < -0.39 is 0 Å². The summed E-state index contributed by atoms with van der Waals surface area (Å²) in [7, 11) is 0. The highest BCUT2D eigenvalue weighted by atomic mass is 16.5. The Morgan fingerprint density at radius 2 is 0.839 bits per heavy atom. The van der Waals surface area contributed by atoms with Crippen LogP contribution in [0.1, 0.15) is 0 Å². The minimum atomic E-state index is 0.327. The highest BCUT2D eigenvalue weighted by molar-refractivity contribution is 5.68. The molecule has 0 atom stereocenters. The number of benzene rings is 4. The van der Waals surface area contributed by atoms with Gasteiger partial charge in [-0.15, -0.1) is 0 Å². The Morgan fingerprint density at radius 3 is 1.32 bits per heavy atom. The van der Waals surface area contributed by atoms with Crippen molar-refractivity contribution in [3.05, 3.63) is 121 Å². The lowest BCUT2D eigenvalue weighted by atomic mass is 10.1. The summed E-state index contributed by atoms with van der Waals surface area (Å²) in [5.74, 6) is 0.698. The normalized spacial score (nSPS) is 10.6. The summed E-state index contributed by atoms with van der Waals surface area (Å²) >= 11 is 0. The van der Waals surface area contributed by atoms with Gasteiger partial charge in [-0.3, -0.25) is 0 Å². The second-order valence-corrected chi connectivity index (χ2v) is 7.15. The number of hydrogen-bond acceptors (Lipinski definition) is 3. The Hall–Kier alpha value is -4.24. The number of ether oxygens (including phenoxy) is 1. The van der Waals surface area contributed by atoms with Crippen LogP contribution in [0.25, 0.3) is 33.6 Å². The molecule has 0 aliphatic carbocycles. The Labute approximate surface area is 181 Å². The van der Waals surface area contributed by atoms with Crippen molar-refractivity contribution in [1.82, 2.24) is 9.97 Å². The number of aromatic nitrogens is 2. The van der Waals surface area contributed by atoms with Gasteiger partial charge in [-0.25, -0.2) is 0 Å². The monoisotopic (exact) mass is 400 g/mol. The van der Waals surface area contributed by atoms with Gasteiger partial charge in [0.2, 0.25) is 0 Å². The first kappa shape index (κ1) is 18.8. The average molecular weight is 400 g/mol. The SMILES string of the molecule is c1ccc(-c2ccc(Oc3nc(-c4ccccc4)cc(-c4ccccc4)n3)cc2)cc1. The predicted molar refractivity (Wildman–Crippen MR) is 125 cm³/mol. The zero-order valence-corrected chi connectivity index (χ0v) is 16.8. The van der Waals surface area contributed by atoms with Crippen molar-refractivity contribution < 1.29 is 4.74 Å². The maximum atomic E-state index is 6.07. The van der Waals surface area contributed by atoms with Gasteiger partial charge in [-0.1, -0.05) is 103 Å². The molecule has 31 heavy (non-hydrogen) atoms. The van der Waals surface area contributed by atoms with Gasteiger partial charge in [0.15, 0.2) is 0 Å². The van der Waals surface area contributed by atoms with Crippen LogP contribution in [0.15, 0.2) is 121 Å². The lowest BCUT2D eigenvalue weighted by Gasteiger charge is -2.10. The molecule has 0 N–H and O–H groups in total. The van der Waals surface area contributed by atoms with Crippen molar-refractivity contribution in [2.75, 3.05) is 0 Å². The summed E-state index contributed by atoms with van der Waals surface area (Å²) in [5.41, 5.74) is 5.99. The first-order chi connectivity index (χ1) is 15.3. The van der Waals surface area contributed by atoms with Crippen molar-refractivity contribution in [2.24, 2.45) is 0 Å². The van der Waals surface area contributed by atoms with E-state index in [1.165, 1.54) is 5.56 Å². The van der Waals surface area contributed by atoms with E-state index in [4.69, 9.17) is 4.74 Å². The molecule has 0 saturated heterocycles. The molecule has 0 aliphatic rings. The molecule has 0 radical (unpaired) electrons. The van der Waals surface area contributed by atoms with E-state index in [1.807, 2.05) is 109 Å². The van der Waals surface area contributed by atoms with Gasteiger partial charge in [-0.2, -0.15) is 9.97 Å². The Balaban J connectivity index is 1.49. The fraction of sp³-hybridized carbons (Fsp3) is 0. The zero-order valence-electron chi connectivity index (χ0n) is 16.8. The molecule has 0 fully saturated rings. The topological polar surface area (TPSA) is 35.0 Å². The molecule has 5 rings (SSSR count). The van der Waals surface area contributed by atoms with Gasteiger partial charge in [0.05, 0.1) is 11.4 Å². The average Bonchev–Trinajstić information content (AvgIpc) is 2.86. The summed E-state index contributed by atoms with van der Waals surface area (Å²) in [6, 6.07) is 40.7. The van der Waals surface area contributed by atoms with Crippen LogP contribution < -0.4 is 4.74 Å². The first-order valence-electron chi connectivity index (χ1n) is 10.2. The third kappa shape index (κ3) is 4.36. The minimum Gasteiger partial charge on any atom is -0.424 e. The van der Waals surface area contributed by atoms with Crippen molar-refractivity contribution in [1.29, 1.82) is 0 Å². The summed E-state index contributed by atoms with van der Waals surface area (Å²) in [5, 5.41) is 0. The maximum absolute atomic E-state index is 6.07. The molecule has 1 aromatic heterocycles. The zero-order chi connectivity index (χ0) is 20.9. The number of rotatable bonds is 5. The van der Waals surface area contributed by atoms with E-state index in [1.54, 1.807) is 0 Å². The second-order valence-electron chi connectivity index (χ2n) is 7.15. The van der Waals surface area contributed by atoms with E-state index in [-0.39, 0.29) is 0 Å². The van der Waals surface area contributed by atoms with Crippen LogP contribution in [0.5, 0.6) is 11.8 Å². The number of nitrogens with zero attached hydrogens (tertiary/aromatic N) is 2. The van der Waals surface area contributed by atoms with E-state index in [2.05, 4.69) is 22.1 Å². The third-order valence-electron chi connectivity index (χ3n) is 5.02. The summed E-state index contributed by atoms with van der Waals surface area (Å²) in [6.45, 7) is 0. The predicted octanol–water partition coefficient (Wildman–Crippen LogP) is 7.27. The molecule has 4 aromatic carbocycles. The fourth-order valence-corrected chi connectivity index (χ4v) is 3.44. The minimum absolute atomic E-state index is 0.327. The molecule has 0 amide bonds. The van der Waals surface area contributed by atoms with Crippen LogP contribution in [0.2, 0.25) is 0 Å². The summed E-state index contributed by atoms with van der Waals surface area (Å²) in [4.78, 5) is 9.34. The molecule has 5 aromatic rings. The molecular weight excluding hydrogens is 380 g/mol. The van der Waals surface area contributed by atoms with E-state index in [9.17, 15) is 0 Å². The quantitative estimate of drug-likeness (QED) is 0.311. The van der Waals surface area contributed by atoms with Crippen molar-refractivity contribution >= 4 is 0 Å². The molecule has 0 spiro atoms. The van der Waals surface area contributed by atoms with Crippen molar-refractivity contribution in [3.63, 3.8) is 0 Å². The van der Waals surface area contributed by atoms with E-state index in [0.717, 1.165) is 28.1 Å². The summed E-state index contributed by atoms with van der Waals surface area (Å²) in [6.07, 6.45) is 0. The van der Waals surface area contributed by atoms with Gasteiger partial charge >= 0.3 is 6.01 Å². The maximum Gasteiger partial charge on any atom is 0.323 e. The molecule has 3 heteroatoms. The molecule has 1 heterocycles. The van der Waals surface area contributed by atoms with Crippen molar-refractivity contribution in [3.8, 4) is 45.4 Å². The number of hydrogen-bond donors (Lipinski definition) is 0. The van der Waals surface area contributed by atoms with Gasteiger partial charge < -0.3 is 4.74 Å². The first-order valence-corrected chi connectivity index (χ1v) is 10.2. The van der Waals surface area contributed by atoms with E-state index in [0.29, 0.717) is 11.8 Å². The van der Waals surface area contributed by atoms with Crippen LogP contribution >= 0.6 is 0 Å².